The van der Waals surface area contributed by atoms with Crippen LogP contribution in [0.3, 0.4) is 0 Å². The molecule has 0 saturated heterocycles. The second-order valence-electron chi connectivity index (χ2n) is 9.79. The molecule has 164 valence electrons. The normalized spacial score (nSPS) is 25.0. The molecule has 7 rings (SSSR count). The molecule has 5 nitrogen and oxygen atoms in total. The van der Waals surface area contributed by atoms with E-state index in [4.69, 9.17) is 9.97 Å². The molecule has 32 heavy (non-hydrogen) atoms. The Kier molecular flexibility index (Phi) is 4.63. The van der Waals surface area contributed by atoms with Crippen LogP contribution in [0.1, 0.15) is 38.3 Å². The molecule has 0 aliphatic heterocycles. The van der Waals surface area contributed by atoms with Gasteiger partial charge < -0.3 is 9.55 Å². The van der Waals surface area contributed by atoms with E-state index in [0.29, 0.717) is 22.8 Å². The molecule has 4 aromatic rings. The molecule has 2 bridgehead atoms. The third-order valence-electron chi connectivity index (χ3n) is 7.93. The first-order chi connectivity index (χ1) is 15.5. The Balaban J connectivity index is 1.45. The van der Waals surface area contributed by atoms with Gasteiger partial charge in [-0.1, -0.05) is 6.92 Å². The molecule has 3 aliphatic rings. The second kappa shape index (κ2) is 7.54. The van der Waals surface area contributed by atoms with Crippen molar-refractivity contribution in [1.82, 2.24) is 24.5 Å². The first-order valence-electron chi connectivity index (χ1n) is 11.7. The molecule has 2 atom stereocenters. The highest BCUT2D eigenvalue weighted by Gasteiger charge is 2.41. The summed E-state index contributed by atoms with van der Waals surface area (Å²) >= 11 is 0. The summed E-state index contributed by atoms with van der Waals surface area (Å²) in [5.74, 6) is 3.37. The SMILES string of the molecule is CC1C2CCC(CC2)C1Cc1cc(-c2ccn(C)c2)nc(-c2c[nH]c3ncc(F)cc23)n1. The standard InChI is InChI=1S/C26H28FN5/c1-15-16-3-5-17(6-4-16)21(15)10-20-11-24(18-7-8-32(2)14-18)31-26(30-20)23-13-29-25-22(23)9-19(27)12-28-25/h7-9,11-17,21H,3-6,10H2,1-2H3,(H,28,29). The summed E-state index contributed by atoms with van der Waals surface area (Å²) in [6.07, 6.45) is 13.7. The number of aryl methyl sites for hydroxylation is 1. The monoisotopic (exact) mass is 429 g/mol. The summed E-state index contributed by atoms with van der Waals surface area (Å²) in [5, 5.41) is 0.714. The minimum Gasteiger partial charge on any atom is -0.357 e. The van der Waals surface area contributed by atoms with Crippen molar-refractivity contribution in [2.75, 3.05) is 0 Å². The van der Waals surface area contributed by atoms with Crippen molar-refractivity contribution < 1.29 is 4.39 Å². The third kappa shape index (κ3) is 3.33. The lowest BCUT2D eigenvalue weighted by atomic mass is 9.58. The first kappa shape index (κ1) is 19.6. The van der Waals surface area contributed by atoms with Crippen LogP contribution in [0.2, 0.25) is 0 Å². The van der Waals surface area contributed by atoms with E-state index in [-0.39, 0.29) is 5.82 Å². The highest BCUT2D eigenvalue weighted by Crippen LogP contribution is 2.49. The molecule has 3 saturated carbocycles. The largest absolute Gasteiger partial charge is 0.357 e. The fourth-order valence-electron chi connectivity index (χ4n) is 6.16. The second-order valence-corrected chi connectivity index (χ2v) is 9.79. The van der Waals surface area contributed by atoms with Crippen molar-refractivity contribution >= 4 is 11.0 Å². The Morgan fingerprint density at radius 2 is 1.94 bits per heavy atom. The number of pyridine rings is 1. The van der Waals surface area contributed by atoms with Crippen molar-refractivity contribution in [3.8, 4) is 22.6 Å². The van der Waals surface area contributed by atoms with Gasteiger partial charge in [-0.3, -0.25) is 0 Å². The molecule has 0 spiro atoms. The molecule has 4 heterocycles. The average Bonchev–Trinajstić information content (AvgIpc) is 3.42. The van der Waals surface area contributed by atoms with Crippen LogP contribution < -0.4 is 0 Å². The van der Waals surface area contributed by atoms with Crippen LogP contribution in [0.25, 0.3) is 33.7 Å². The van der Waals surface area contributed by atoms with E-state index in [1.54, 1.807) is 0 Å². The van der Waals surface area contributed by atoms with Gasteiger partial charge >= 0.3 is 0 Å². The molecule has 0 radical (unpaired) electrons. The molecule has 3 aliphatic carbocycles. The van der Waals surface area contributed by atoms with E-state index in [9.17, 15) is 4.39 Å². The molecule has 2 unspecified atom stereocenters. The van der Waals surface area contributed by atoms with Crippen molar-refractivity contribution in [2.45, 2.75) is 39.0 Å². The predicted octanol–water partition coefficient (Wildman–Crippen LogP) is 5.78. The highest BCUT2D eigenvalue weighted by atomic mass is 19.1. The van der Waals surface area contributed by atoms with Gasteiger partial charge in [0.2, 0.25) is 0 Å². The van der Waals surface area contributed by atoms with E-state index < -0.39 is 0 Å². The number of aromatic nitrogens is 5. The maximum atomic E-state index is 14.0. The summed E-state index contributed by atoms with van der Waals surface area (Å²) in [7, 11) is 2.01. The fraction of sp³-hybridized carbons (Fsp3) is 0.423. The van der Waals surface area contributed by atoms with Crippen molar-refractivity contribution in [3.63, 3.8) is 0 Å². The maximum Gasteiger partial charge on any atom is 0.162 e. The molecule has 0 amide bonds. The molecule has 1 N–H and O–H groups in total. The van der Waals surface area contributed by atoms with Gasteiger partial charge in [0.15, 0.2) is 5.82 Å². The molecular weight excluding hydrogens is 401 g/mol. The van der Waals surface area contributed by atoms with Crippen molar-refractivity contribution in [1.29, 1.82) is 0 Å². The predicted molar refractivity (Wildman–Crippen MR) is 123 cm³/mol. The van der Waals surface area contributed by atoms with Crippen LogP contribution >= 0.6 is 0 Å². The van der Waals surface area contributed by atoms with Crippen LogP contribution in [0, 0.1) is 29.5 Å². The molecular formula is C26H28FN5. The zero-order valence-electron chi connectivity index (χ0n) is 18.6. The number of aromatic amines is 1. The summed E-state index contributed by atoms with van der Waals surface area (Å²) in [5.41, 5.74) is 4.51. The van der Waals surface area contributed by atoms with Crippen molar-refractivity contribution in [2.24, 2.45) is 30.7 Å². The van der Waals surface area contributed by atoms with E-state index in [0.717, 1.165) is 46.7 Å². The topological polar surface area (TPSA) is 59.4 Å². The van der Waals surface area contributed by atoms with Crippen LogP contribution in [0.4, 0.5) is 4.39 Å². The van der Waals surface area contributed by atoms with Gasteiger partial charge in [-0.25, -0.2) is 19.3 Å². The van der Waals surface area contributed by atoms with Crippen LogP contribution in [0.5, 0.6) is 0 Å². The number of hydrogen-bond acceptors (Lipinski definition) is 3. The summed E-state index contributed by atoms with van der Waals surface area (Å²) in [6.45, 7) is 2.44. The number of nitrogens with one attached hydrogen (secondary N) is 1. The number of rotatable bonds is 4. The number of hydrogen-bond donors (Lipinski definition) is 1. The first-order valence-corrected chi connectivity index (χ1v) is 11.7. The summed E-state index contributed by atoms with van der Waals surface area (Å²) in [6, 6.07) is 5.74. The van der Waals surface area contributed by atoms with Gasteiger partial charge in [-0.15, -0.1) is 0 Å². The van der Waals surface area contributed by atoms with Crippen LogP contribution in [-0.4, -0.2) is 24.5 Å². The van der Waals surface area contributed by atoms with Gasteiger partial charge in [0.25, 0.3) is 0 Å². The van der Waals surface area contributed by atoms with E-state index in [1.165, 1.54) is 37.9 Å². The third-order valence-corrected chi connectivity index (χ3v) is 7.93. The molecule has 6 heteroatoms. The number of halogens is 1. The van der Waals surface area contributed by atoms with Gasteiger partial charge in [0.05, 0.1) is 11.9 Å². The van der Waals surface area contributed by atoms with Crippen LogP contribution in [0.15, 0.2) is 43.0 Å². The maximum absolute atomic E-state index is 14.0. The summed E-state index contributed by atoms with van der Waals surface area (Å²) in [4.78, 5) is 17.2. The lowest BCUT2D eigenvalue weighted by Gasteiger charge is -2.47. The van der Waals surface area contributed by atoms with Crippen molar-refractivity contribution in [3.05, 3.63) is 54.5 Å². The molecule has 3 fully saturated rings. The van der Waals surface area contributed by atoms with Gasteiger partial charge in [-0.2, -0.15) is 0 Å². The minimum atomic E-state index is -0.357. The van der Waals surface area contributed by atoms with Gasteiger partial charge in [0, 0.05) is 47.8 Å². The fourth-order valence-corrected chi connectivity index (χ4v) is 6.16. The van der Waals surface area contributed by atoms with E-state index in [2.05, 4.69) is 35.2 Å². The lowest BCUT2D eigenvalue weighted by molar-refractivity contribution is 0.0339. The van der Waals surface area contributed by atoms with E-state index in [1.807, 2.05) is 24.0 Å². The molecule has 0 aromatic carbocycles. The average molecular weight is 430 g/mol. The highest BCUT2D eigenvalue weighted by molar-refractivity contribution is 5.91. The van der Waals surface area contributed by atoms with Gasteiger partial charge in [-0.05, 0) is 74.0 Å². The number of nitrogens with zero attached hydrogens (tertiary/aromatic N) is 4. The quantitative estimate of drug-likeness (QED) is 0.447. The number of fused-ring (bicyclic) bond motifs is 4. The smallest absolute Gasteiger partial charge is 0.162 e. The zero-order chi connectivity index (χ0) is 21.8. The number of H-pyrrole nitrogens is 1. The Morgan fingerprint density at radius 1 is 1.12 bits per heavy atom. The Hall–Kier alpha value is -3.02. The Labute approximate surface area is 187 Å². The minimum absolute atomic E-state index is 0.357. The van der Waals surface area contributed by atoms with E-state index >= 15 is 0 Å². The van der Waals surface area contributed by atoms with Crippen LogP contribution in [-0.2, 0) is 13.5 Å². The molecule has 4 aromatic heterocycles. The zero-order valence-corrected chi connectivity index (χ0v) is 18.6. The lowest BCUT2D eigenvalue weighted by Crippen LogP contribution is -2.39. The summed E-state index contributed by atoms with van der Waals surface area (Å²) < 4.78 is 16.0. The Morgan fingerprint density at radius 3 is 2.69 bits per heavy atom. The van der Waals surface area contributed by atoms with Gasteiger partial charge in [0.1, 0.15) is 11.5 Å². The Bertz CT molecular complexity index is 1280.